The minimum absolute atomic E-state index is 0.0436. The van der Waals surface area contributed by atoms with Crippen molar-refractivity contribution in [1.82, 2.24) is 10.2 Å². The highest BCUT2D eigenvalue weighted by atomic mass is 16.5. The van der Waals surface area contributed by atoms with E-state index in [1.807, 2.05) is 63.2 Å². The van der Waals surface area contributed by atoms with Crippen LogP contribution in [0.15, 0.2) is 48.5 Å². The molecule has 6 heteroatoms. The van der Waals surface area contributed by atoms with Crippen molar-refractivity contribution >= 4 is 11.8 Å². The molecule has 0 aliphatic heterocycles. The summed E-state index contributed by atoms with van der Waals surface area (Å²) in [7, 11) is 1.62. The Kier molecular flexibility index (Phi) is 9.88. The minimum atomic E-state index is -0.490. The number of carbonyl (C=O) groups excluding carboxylic acids is 2. The molecule has 2 aromatic rings. The number of hydrogen-bond acceptors (Lipinski definition) is 4. The fraction of sp³-hybridized carbons (Fsp3) is 0.440. The van der Waals surface area contributed by atoms with Gasteiger partial charge in [0.2, 0.25) is 11.8 Å². The van der Waals surface area contributed by atoms with E-state index in [4.69, 9.17) is 9.47 Å². The van der Waals surface area contributed by atoms with E-state index in [2.05, 4.69) is 11.4 Å². The van der Waals surface area contributed by atoms with Crippen molar-refractivity contribution in [3.63, 3.8) is 0 Å². The van der Waals surface area contributed by atoms with Gasteiger partial charge < -0.3 is 19.7 Å². The molecule has 0 spiro atoms. The molecule has 168 valence electrons. The van der Waals surface area contributed by atoms with E-state index in [-0.39, 0.29) is 11.8 Å². The number of carbonyl (C=O) groups is 2. The second-order valence-electron chi connectivity index (χ2n) is 7.46. The molecule has 0 aliphatic carbocycles. The number of rotatable bonds is 12. The van der Waals surface area contributed by atoms with Crippen LogP contribution in [0.25, 0.3) is 0 Å². The maximum Gasteiger partial charge on any atom is 0.242 e. The molecule has 0 unspecified atom stereocenters. The standard InChI is InChI=1S/C25H34N2O4/c1-5-23(25(29)26-6-2)27(18-20-10-7-9-19(3)17-20)24(28)11-8-16-31-22-14-12-21(30-4)13-15-22/h7,9-10,12-15,17,23H,5-6,8,11,16,18H2,1-4H3,(H,26,29)/t23-/m0/s1. The Morgan fingerprint density at radius 3 is 2.39 bits per heavy atom. The van der Waals surface area contributed by atoms with E-state index in [1.165, 1.54) is 0 Å². The van der Waals surface area contributed by atoms with E-state index in [0.29, 0.717) is 39.0 Å². The fourth-order valence-electron chi connectivity index (χ4n) is 3.45. The summed E-state index contributed by atoms with van der Waals surface area (Å²) < 4.78 is 10.9. The molecular weight excluding hydrogens is 392 g/mol. The van der Waals surface area contributed by atoms with Crippen LogP contribution < -0.4 is 14.8 Å². The second kappa shape index (κ2) is 12.6. The smallest absolute Gasteiger partial charge is 0.242 e. The zero-order chi connectivity index (χ0) is 22.6. The average Bonchev–Trinajstić information content (AvgIpc) is 2.77. The third kappa shape index (κ3) is 7.63. The Hall–Kier alpha value is -3.02. The fourth-order valence-corrected chi connectivity index (χ4v) is 3.45. The molecule has 0 fully saturated rings. The zero-order valence-corrected chi connectivity index (χ0v) is 19.0. The molecule has 0 bridgehead atoms. The number of ether oxygens (including phenoxy) is 2. The Morgan fingerprint density at radius 2 is 1.77 bits per heavy atom. The maximum absolute atomic E-state index is 13.1. The summed E-state index contributed by atoms with van der Waals surface area (Å²) in [6, 6.07) is 14.9. The van der Waals surface area contributed by atoms with Crippen molar-refractivity contribution in [3.05, 3.63) is 59.7 Å². The van der Waals surface area contributed by atoms with Gasteiger partial charge in [0, 0.05) is 19.5 Å². The summed E-state index contributed by atoms with van der Waals surface area (Å²) in [5.74, 6) is 1.35. The van der Waals surface area contributed by atoms with Crippen LogP contribution in [-0.4, -0.2) is 43.0 Å². The Labute approximate surface area is 185 Å². The highest BCUT2D eigenvalue weighted by Crippen LogP contribution is 2.18. The summed E-state index contributed by atoms with van der Waals surface area (Å²) in [5.41, 5.74) is 2.15. The number of likely N-dealkylation sites (N-methyl/N-ethyl adjacent to an activating group) is 1. The Balaban J connectivity index is 2.01. The van der Waals surface area contributed by atoms with Gasteiger partial charge in [0.15, 0.2) is 0 Å². The molecule has 1 N–H and O–H groups in total. The van der Waals surface area contributed by atoms with Crippen molar-refractivity contribution < 1.29 is 19.1 Å². The molecule has 31 heavy (non-hydrogen) atoms. The first-order chi connectivity index (χ1) is 15.0. The Morgan fingerprint density at radius 1 is 1.06 bits per heavy atom. The van der Waals surface area contributed by atoms with Gasteiger partial charge in [-0.25, -0.2) is 0 Å². The summed E-state index contributed by atoms with van der Waals surface area (Å²) in [4.78, 5) is 27.4. The summed E-state index contributed by atoms with van der Waals surface area (Å²) in [6.45, 7) is 7.21. The molecule has 2 aromatic carbocycles. The molecule has 0 saturated heterocycles. The third-order valence-corrected chi connectivity index (χ3v) is 5.04. The number of amides is 2. The van der Waals surface area contributed by atoms with Gasteiger partial charge in [0.1, 0.15) is 17.5 Å². The van der Waals surface area contributed by atoms with Crippen LogP contribution in [-0.2, 0) is 16.1 Å². The van der Waals surface area contributed by atoms with Crippen LogP contribution in [0.1, 0.15) is 44.2 Å². The predicted octanol–water partition coefficient (Wildman–Crippen LogP) is 4.11. The molecule has 2 amide bonds. The number of benzene rings is 2. The summed E-state index contributed by atoms with van der Waals surface area (Å²) in [6.07, 6.45) is 1.45. The van der Waals surface area contributed by atoms with Crippen LogP contribution in [0.4, 0.5) is 0 Å². The van der Waals surface area contributed by atoms with Gasteiger partial charge in [0.05, 0.1) is 13.7 Å². The van der Waals surface area contributed by atoms with Crippen LogP contribution >= 0.6 is 0 Å². The zero-order valence-electron chi connectivity index (χ0n) is 19.0. The summed E-state index contributed by atoms with van der Waals surface area (Å²) in [5, 5.41) is 2.86. The lowest BCUT2D eigenvalue weighted by Crippen LogP contribution is -2.49. The van der Waals surface area contributed by atoms with Gasteiger partial charge in [-0.3, -0.25) is 9.59 Å². The molecule has 2 rings (SSSR count). The number of nitrogens with one attached hydrogen (secondary N) is 1. The largest absolute Gasteiger partial charge is 0.497 e. The first-order valence-electron chi connectivity index (χ1n) is 10.9. The Bertz CT molecular complexity index is 836. The molecule has 0 aromatic heterocycles. The number of methoxy groups -OCH3 is 1. The molecule has 0 aliphatic rings. The van der Waals surface area contributed by atoms with Crippen molar-refractivity contribution in [2.45, 2.75) is 52.6 Å². The second-order valence-corrected chi connectivity index (χ2v) is 7.46. The van der Waals surface area contributed by atoms with Gasteiger partial charge in [-0.2, -0.15) is 0 Å². The van der Waals surface area contributed by atoms with Gasteiger partial charge in [-0.1, -0.05) is 36.8 Å². The molecule has 0 heterocycles. The first-order valence-corrected chi connectivity index (χ1v) is 10.9. The van der Waals surface area contributed by atoms with Gasteiger partial charge in [-0.05, 0) is 56.5 Å². The maximum atomic E-state index is 13.1. The molecule has 0 radical (unpaired) electrons. The van der Waals surface area contributed by atoms with E-state index in [1.54, 1.807) is 12.0 Å². The molecular formula is C25H34N2O4. The van der Waals surface area contributed by atoms with E-state index >= 15 is 0 Å². The molecule has 0 saturated carbocycles. The number of nitrogens with zero attached hydrogens (tertiary/aromatic N) is 1. The van der Waals surface area contributed by atoms with Crippen LogP contribution in [0.3, 0.4) is 0 Å². The van der Waals surface area contributed by atoms with Gasteiger partial charge >= 0.3 is 0 Å². The third-order valence-electron chi connectivity index (χ3n) is 5.04. The molecule has 6 nitrogen and oxygen atoms in total. The lowest BCUT2D eigenvalue weighted by molar-refractivity contribution is -0.141. The predicted molar refractivity (Wildman–Crippen MR) is 122 cm³/mol. The van der Waals surface area contributed by atoms with E-state index in [0.717, 1.165) is 22.6 Å². The molecule has 1 atom stereocenters. The van der Waals surface area contributed by atoms with Gasteiger partial charge in [-0.15, -0.1) is 0 Å². The number of aryl methyl sites for hydroxylation is 1. The topological polar surface area (TPSA) is 67.9 Å². The normalized spacial score (nSPS) is 11.5. The summed E-state index contributed by atoms with van der Waals surface area (Å²) >= 11 is 0. The lowest BCUT2D eigenvalue weighted by atomic mass is 10.1. The van der Waals surface area contributed by atoms with E-state index < -0.39 is 6.04 Å². The monoisotopic (exact) mass is 426 g/mol. The van der Waals surface area contributed by atoms with Crippen LogP contribution in [0, 0.1) is 6.92 Å². The minimum Gasteiger partial charge on any atom is -0.497 e. The van der Waals surface area contributed by atoms with Crippen molar-refractivity contribution in [1.29, 1.82) is 0 Å². The van der Waals surface area contributed by atoms with Crippen molar-refractivity contribution in [3.8, 4) is 11.5 Å². The highest BCUT2D eigenvalue weighted by molar-refractivity contribution is 5.87. The van der Waals surface area contributed by atoms with Gasteiger partial charge in [0.25, 0.3) is 0 Å². The van der Waals surface area contributed by atoms with Crippen molar-refractivity contribution in [2.75, 3.05) is 20.3 Å². The van der Waals surface area contributed by atoms with Crippen LogP contribution in [0.5, 0.6) is 11.5 Å². The average molecular weight is 427 g/mol. The van der Waals surface area contributed by atoms with Crippen molar-refractivity contribution in [2.24, 2.45) is 0 Å². The first kappa shape index (κ1) is 24.3. The SMILES string of the molecule is CCNC(=O)[C@H](CC)N(Cc1cccc(C)c1)C(=O)CCCOc1ccc(OC)cc1. The quantitative estimate of drug-likeness (QED) is 0.519. The highest BCUT2D eigenvalue weighted by Gasteiger charge is 2.28. The number of hydrogen-bond donors (Lipinski definition) is 1. The van der Waals surface area contributed by atoms with Crippen LogP contribution in [0.2, 0.25) is 0 Å². The lowest BCUT2D eigenvalue weighted by Gasteiger charge is -2.30. The van der Waals surface area contributed by atoms with E-state index in [9.17, 15) is 9.59 Å².